The van der Waals surface area contributed by atoms with Gasteiger partial charge in [0.05, 0.1) is 42.2 Å². The van der Waals surface area contributed by atoms with Crippen LogP contribution in [-0.4, -0.2) is 73.3 Å². The lowest BCUT2D eigenvalue weighted by atomic mass is 10.1. The number of rotatable bonds is 6. The van der Waals surface area contributed by atoms with Crippen molar-refractivity contribution >= 4 is 17.4 Å². The van der Waals surface area contributed by atoms with Gasteiger partial charge in [0.2, 0.25) is 5.88 Å². The van der Waals surface area contributed by atoms with E-state index in [1.807, 2.05) is 20.8 Å². The minimum Gasteiger partial charge on any atom is -0.470 e. The molecule has 4 heterocycles. The van der Waals surface area contributed by atoms with Gasteiger partial charge < -0.3 is 19.7 Å². The smallest absolute Gasteiger partial charge is 0.410 e. The van der Waals surface area contributed by atoms with E-state index in [0.717, 1.165) is 12.8 Å². The molecule has 12 heteroatoms. The number of carbonyl (C=O) groups is 1. The first kappa shape index (κ1) is 23.6. The molecule has 1 fully saturated rings. The van der Waals surface area contributed by atoms with Crippen molar-refractivity contribution in [1.29, 1.82) is 0 Å². The first-order valence-corrected chi connectivity index (χ1v) is 11.0. The van der Waals surface area contributed by atoms with Crippen molar-refractivity contribution in [3.8, 4) is 17.1 Å². The van der Waals surface area contributed by atoms with Crippen LogP contribution >= 0.6 is 0 Å². The monoisotopic (exact) mass is 475 g/mol. The Labute approximate surface area is 195 Å². The number of hydrogen-bond acceptors (Lipinski definition) is 8. The molecule has 0 bridgehead atoms. The van der Waals surface area contributed by atoms with Gasteiger partial charge in [-0.2, -0.15) is 5.10 Å². The van der Waals surface area contributed by atoms with Gasteiger partial charge in [-0.05, 0) is 33.6 Å². The lowest BCUT2D eigenvalue weighted by Gasteiger charge is -2.34. The molecule has 0 radical (unpaired) electrons. The molecule has 0 saturated carbocycles. The Hall–Kier alpha value is -3.57. The fourth-order valence-corrected chi connectivity index (χ4v) is 3.65. The lowest BCUT2D eigenvalue weighted by Crippen LogP contribution is -2.47. The molecule has 1 aliphatic rings. The molecule has 34 heavy (non-hydrogen) atoms. The predicted octanol–water partition coefficient (Wildman–Crippen LogP) is 3.64. The van der Waals surface area contributed by atoms with Crippen LogP contribution in [-0.2, 0) is 4.74 Å². The third kappa shape index (κ3) is 5.86. The summed E-state index contributed by atoms with van der Waals surface area (Å²) < 4.78 is 36.7. The number of ether oxygens (including phenoxy) is 2. The summed E-state index contributed by atoms with van der Waals surface area (Å²) in [6.07, 6.45) is 6.58. The molecule has 1 aliphatic heterocycles. The molecule has 4 rings (SSSR count). The minimum absolute atomic E-state index is 0.00549. The van der Waals surface area contributed by atoms with Gasteiger partial charge in [0.15, 0.2) is 6.61 Å². The Balaban J connectivity index is 1.46. The molecule has 10 nitrogen and oxygen atoms in total. The molecule has 1 atom stereocenters. The number of amides is 1. The second kappa shape index (κ2) is 9.74. The summed E-state index contributed by atoms with van der Waals surface area (Å²) in [7, 11) is 0. The largest absolute Gasteiger partial charge is 0.470 e. The minimum atomic E-state index is -2.59. The third-order valence-electron chi connectivity index (χ3n) is 5.07. The highest BCUT2D eigenvalue weighted by molar-refractivity contribution is 5.77. The van der Waals surface area contributed by atoms with E-state index >= 15 is 0 Å². The van der Waals surface area contributed by atoms with Crippen LogP contribution in [0.4, 0.5) is 19.4 Å². The van der Waals surface area contributed by atoms with E-state index < -0.39 is 18.6 Å². The maximum Gasteiger partial charge on any atom is 0.410 e. The molecule has 3 aromatic heterocycles. The zero-order valence-corrected chi connectivity index (χ0v) is 19.2. The molecule has 0 aromatic carbocycles. The Morgan fingerprint density at radius 2 is 2.09 bits per heavy atom. The molecule has 1 amide bonds. The molecular weight excluding hydrogens is 448 g/mol. The standard InChI is InChI=1S/C22H27F2N7O3/c1-22(2,3)34-21(32)30-6-4-5-14(11-30)28-19-10-25-8-16(29-19)15-7-27-31-12-20(26-9-17(15)31)33-13-18(23)24/h7-10,12,14,18H,4-6,11,13H2,1-3H3,(H,28,29). The summed E-state index contributed by atoms with van der Waals surface area (Å²) in [6, 6.07) is 0.00549. The van der Waals surface area contributed by atoms with Crippen molar-refractivity contribution < 1.29 is 23.0 Å². The summed E-state index contributed by atoms with van der Waals surface area (Å²) in [4.78, 5) is 27.1. The Morgan fingerprint density at radius 1 is 1.26 bits per heavy atom. The van der Waals surface area contributed by atoms with E-state index in [-0.39, 0.29) is 18.0 Å². The summed E-state index contributed by atoms with van der Waals surface area (Å²) >= 11 is 0. The number of alkyl halides is 2. The quantitative estimate of drug-likeness (QED) is 0.576. The molecule has 0 spiro atoms. The van der Waals surface area contributed by atoms with E-state index in [2.05, 4.69) is 25.4 Å². The van der Waals surface area contributed by atoms with E-state index in [4.69, 9.17) is 9.47 Å². The summed E-state index contributed by atoms with van der Waals surface area (Å²) in [5.41, 5.74) is 1.34. The zero-order valence-electron chi connectivity index (χ0n) is 19.2. The normalized spacial score (nSPS) is 16.6. The number of likely N-dealkylation sites (tertiary alicyclic amines) is 1. The van der Waals surface area contributed by atoms with Crippen LogP contribution in [0.5, 0.6) is 5.88 Å². The summed E-state index contributed by atoms with van der Waals surface area (Å²) in [5.74, 6) is 0.619. The van der Waals surface area contributed by atoms with Crippen molar-refractivity contribution in [2.45, 2.75) is 51.7 Å². The van der Waals surface area contributed by atoms with Gasteiger partial charge in [0.25, 0.3) is 6.43 Å². The second-order valence-corrected chi connectivity index (χ2v) is 9.02. The van der Waals surface area contributed by atoms with Crippen molar-refractivity contribution in [2.24, 2.45) is 0 Å². The number of halogens is 2. The molecular formula is C22H27F2N7O3. The van der Waals surface area contributed by atoms with Crippen LogP contribution in [0.2, 0.25) is 0 Å². The van der Waals surface area contributed by atoms with E-state index in [1.165, 1.54) is 16.9 Å². The zero-order chi connectivity index (χ0) is 24.3. The SMILES string of the molecule is CC(C)(C)OC(=O)N1CCCC(Nc2cncc(-c3cnn4cc(OCC(F)F)ncc34)n2)C1. The van der Waals surface area contributed by atoms with Crippen molar-refractivity contribution in [3.05, 3.63) is 31.0 Å². The molecule has 1 N–H and O–H groups in total. The van der Waals surface area contributed by atoms with Gasteiger partial charge in [-0.1, -0.05) is 0 Å². The second-order valence-electron chi connectivity index (χ2n) is 9.02. The Kier molecular flexibility index (Phi) is 6.75. The van der Waals surface area contributed by atoms with Crippen molar-refractivity contribution in [3.63, 3.8) is 0 Å². The molecule has 0 aliphatic carbocycles. The number of aromatic nitrogens is 5. The first-order valence-electron chi connectivity index (χ1n) is 11.0. The van der Waals surface area contributed by atoms with Gasteiger partial charge >= 0.3 is 6.09 Å². The van der Waals surface area contributed by atoms with Crippen LogP contribution in [0.15, 0.2) is 31.0 Å². The fourth-order valence-electron chi connectivity index (χ4n) is 3.65. The average molecular weight is 476 g/mol. The number of carbonyl (C=O) groups excluding carboxylic acids is 1. The van der Waals surface area contributed by atoms with Gasteiger partial charge in [0, 0.05) is 24.7 Å². The average Bonchev–Trinajstić information content (AvgIpc) is 3.20. The lowest BCUT2D eigenvalue weighted by molar-refractivity contribution is 0.0206. The molecule has 1 saturated heterocycles. The first-order chi connectivity index (χ1) is 16.2. The number of fused-ring (bicyclic) bond motifs is 1. The fraction of sp³-hybridized carbons (Fsp3) is 0.500. The molecule has 1 unspecified atom stereocenters. The summed E-state index contributed by atoms with van der Waals surface area (Å²) in [6.45, 7) is 5.95. The van der Waals surface area contributed by atoms with Gasteiger partial charge in [0.1, 0.15) is 11.4 Å². The van der Waals surface area contributed by atoms with E-state index in [0.29, 0.717) is 35.7 Å². The summed E-state index contributed by atoms with van der Waals surface area (Å²) in [5, 5.41) is 7.61. The van der Waals surface area contributed by atoms with Crippen molar-refractivity contribution in [1.82, 2.24) is 29.5 Å². The van der Waals surface area contributed by atoms with Crippen LogP contribution in [0, 0.1) is 0 Å². The van der Waals surface area contributed by atoms with Gasteiger partial charge in [-0.3, -0.25) is 4.98 Å². The van der Waals surface area contributed by atoms with Gasteiger partial charge in [-0.15, -0.1) is 0 Å². The predicted molar refractivity (Wildman–Crippen MR) is 120 cm³/mol. The molecule has 182 valence electrons. The van der Waals surface area contributed by atoms with Crippen LogP contribution in [0.3, 0.4) is 0 Å². The number of hydrogen-bond donors (Lipinski definition) is 1. The Bertz CT molecular complexity index is 1150. The maximum absolute atomic E-state index is 12.4. The number of piperidine rings is 1. The van der Waals surface area contributed by atoms with Crippen LogP contribution < -0.4 is 10.1 Å². The molecule has 3 aromatic rings. The number of anilines is 1. The van der Waals surface area contributed by atoms with Crippen LogP contribution in [0.1, 0.15) is 33.6 Å². The highest BCUT2D eigenvalue weighted by Crippen LogP contribution is 2.25. The van der Waals surface area contributed by atoms with E-state index in [1.54, 1.807) is 23.5 Å². The van der Waals surface area contributed by atoms with Gasteiger partial charge in [-0.25, -0.2) is 28.1 Å². The third-order valence-corrected chi connectivity index (χ3v) is 5.07. The highest BCUT2D eigenvalue weighted by atomic mass is 19.3. The maximum atomic E-state index is 12.4. The van der Waals surface area contributed by atoms with E-state index in [9.17, 15) is 13.6 Å². The topological polar surface area (TPSA) is 107 Å². The number of nitrogens with zero attached hydrogens (tertiary/aromatic N) is 6. The van der Waals surface area contributed by atoms with Crippen molar-refractivity contribution in [2.75, 3.05) is 25.0 Å². The highest BCUT2D eigenvalue weighted by Gasteiger charge is 2.28. The number of nitrogens with one attached hydrogen (secondary N) is 1. The Morgan fingerprint density at radius 3 is 2.85 bits per heavy atom. The van der Waals surface area contributed by atoms with Crippen LogP contribution in [0.25, 0.3) is 16.8 Å².